The summed E-state index contributed by atoms with van der Waals surface area (Å²) in [7, 11) is 2.13. The third kappa shape index (κ3) is 3.70. The Morgan fingerprint density at radius 3 is 2.47 bits per heavy atom. The number of nitrogens with zero attached hydrogens (tertiary/aromatic N) is 1. The van der Waals surface area contributed by atoms with Crippen molar-refractivity contribution in [1.82, 2.24) is 4.90 Å². The zero-order valence-electron chi connectivity index (χ0n) is 10.3. The molecule has 2 nitrogen and oxygen atoms in total. The number of halogens is 1. The molecule has 0 bridgehead atoms. The molecular formula is C14H20ClNO. The van der Waals surface area contributed by atoms with Gasteiger partial charge in [-0.05, 0) is 44.0 Å². The molecule has 1 aliphatic carbocycles. The SMILES string of the molecule is CN(CCc1ccc(Cl)cc1)CC1(CO)CC1. The van der Waals surface area contributed by atoms with E-state index in [1.807, 2.05) is 12.1 Å². The molecule has 1 aromatic carbocycles. The molecule has 1 N–H and O–H groups in total. The fourth-order valence-electron chi connectivity index (χ4n) is 2.17. The van der Waals surface area contributed by atoms with Gasteiger partial charge in [0.05, 0.1) is 0 Å². The lowest BCUT2D eigenvalue weighted by atomic mass is 10.1. The van der Waals surface area contributed by atoms with E-state index in [1.165, 1.54) is 18.4 Å². The molecule has 17 heavy (non-hydrogen) atoms. The highest BCUT2D eigenvalue weighted by atomic mass is 35.5. The zero-order chi connectivity index (χ0) is 12.3. The summed E-state index contributed by atoms with van der Waals surface area (Å²) in [6.45, 7) is 2.37. The van der Waals surface area contributed by atoms with Crippen molar-refractivity contribution >= 4 is 11.6 Å². The summed E-state index contributed by atoms with van der Waals surface area (Å²) in [4.78, 5) is 2.32. The lowest BCUT2D eigenvalue weighted by molar-refractivity contribution is 0.165. The van der Waals surface area contributed by atoms with Gasteiger partial charge in [0.1, 0.15) is 0 Å². The number of benzene rings is 1. The summed E-state index contributed by atoms with van der Waals surface area (Å²) in [6.07, 6.45) is 3.39. The van der Waals surface area contributed by atoms with Gasteiger partial charge in [0, 0.05) is 30.1 Å². The molecule has 94 valence electrons. The largest absolute Gasteiger partial charge is 0.396 e. The van der Waals surface area contributed by atoms with Gasteiger partial charge in [0.2, 0.25) is 0 Å². The average molecular weight is 254 g/mol. The molecule has 1 saturated carbocycles. The van der Waals surface area contributed by atoms with Gasteiger partial charge in [0.25, 0.3) is 0 Å². The molecule has 0 aromatic heterocycles. The predicted octanol–water partition coefficient (Wildman–Crippen LogP) is 2.59. The lowest BCUT2D eigenvalue weighted by Gasteiger charge is -2.22. The Morgan fingerprint density at radius 1 is 1.29 bits per heavy atom. The van der Waals surface area contributed by atoms with Crippen LogP contribution in [0.15, 0.2) is 24.3 Å². The van der Waals surface area contributed by atoms with Crippen LogP contribution < -0.4 is 0 Å². The quantitative estimate of drug-likeness (QED) is 0.843. The molecule has 1 aliphatic rings. The summed E-state index contributed by atoms with van der Waals surface area (Å²) >= 11 is 5.85. The Labute approximate surface area is 108 Å². The van der Waals surface area contributed by atoms with E-state index in [0.29, 0.717) is 6.61 Å². The van der Waals surface area contributed by atoms with E-state index in [0.717, 1.165) is 24.5 Å². The van der Waals surface area contributed by atoms with Crippen LogP contribution >= 0.6 is 11.6 Å². The molecule has 0 atom stereocenters. The summed E-state index contributed by atoms with van der Waals surface area (Å²) in [5.41, 5.74) is 1.53. The minimum absolute atomic E-state index is 0.217. The molecule has 0 saturated heterocycles. The fraction of sp³-hybridized carbons (Fsp3) is 0.571. The Morgan fingerprint density at radius 2 is 1.94 bits per heavy atom. The van der Waals surface area contributed by atoms with Crippen molar-refractivity contribution in [3.8, 4) is 0 Å². The van der Waals surface area contributed by atoms with E-state index in [4.69, 9.17) is 11.6 Å². The number of hydrogen-bond acceptors (Lipinski definition) is 2. The van der Waals surface area contributed by atoms with Crippen molar-refractivity contribution in [2.24, 2.45) is 5.41 Å². The Balaban J connectivity index is 1.76. The highest BCUT2D eigenvalue weighted by molar-refractivity contribution is 6.30. The summed E-state index contributed by atoms with van der Waals surface area (Å²) in [5, 5.41) is 10.1. The monoisotopic (exact) mass is 253 g/mol. The van der Waals surface area contributed by atoms with Crippen LogP contribution in [-0.4, -0.2) is 36.8 Å². The molecule has 3 heteroatoms. The highest BCUT2D eigenvalue weighted by Crippen LogP contribution is 2.45. The van der Waals surface area contributed by atoms with Crippen LogP contribution in [0.1, 0.15) is 18.4 Å². The van der Waals surface area contributed by atoms with Crippen LogP contribution in [-0.2, 0) is 6.42 Å². The van der Waals surface area contributed by atoms with Gasteiger partial charge in [-0.15, -0.1) is 0 Å². The maximum Gasteiger partial charge on any atom is 0.0499 e. The Kier molecular flexibility index (Phi) is 4.08. The number of rotatable bonds is 6. The second-order valence-corrected chi connectivity index (χ2v) is 5.71. The minimum Gasteiger partial charge on any atom is -0.396 e. The van der Waals surface area contributed by atoms with Gasteiger partial charge in [-0.3, -0.25) is 0 Å². The summed E-state index contributed by atoms with van der Waals surface area (Å²) in [5.74, 6) is 0. The number of hydrogen-bond donors (Lipinski definition) is 1. The molecule has 2 rings (SSSR count). The van der Waals surface area contributed by atoms with Crippen LogP contribution in [0.3, 0.4) is 0 Å². The molecule has 0 radical (unpaired) electrons. The van der Waals surface area contributed by atoms with E-state index >= 15 is 0 Å². The van der Waals surface area contributed by atoms with E-state index in [-0.39, 0.29) is 5.41 Å². The highest BCUT2D eigenvalue weighted by Gasteiger charge is 2.42. The van der Waals surface area contributed by atoms with Gasteiger partial charge >= 0.3 is 0 Å². The van der Waals surface area contributed by atoms with Crippen molar-refractivity contribution in [2.75, 3.05) is 26.7 Å². The van der Waals surface area contributed by atoms with Crippen molar-refractivity contribution in [3.63, 3.8) is 0 Å². The van der Waals surface area contributed by atoms with E-state index < -0.39 is 0 Å². The summed E-state index contributed by atoms with van der Waals surface area (Å²) < 4.78 is 0. The molecule has 1 fully saturated rings. The molecular weight excluding hydrogens is 234 g/mol. The van der Waals surface area contributed by atoms with E-state index in [9.17, 15) is 5.11 Å². The fourth-order valence-corrected chi connectivity index (χ4v) is 2.29. The Bertz CT molecular complexity index is 359. The first kappa shape index (κ1) is 12.9. The number of aliphatic hydroxyl groups is 1. The number of aliphatic hydroxyl groups excluding tert-OH is 1. The van der Waals surface area contributed by atoms with Crippen molar-refractivity contribution in [3.05, 3.63) is 34.9 Å². The third-order valence-electron chi connectivity index (χ3n) is 3.59. The van der Waals surface area contributed by atoms with Gasteiger partial charge in [-0.2, -0.15) is 0 Å². The molecule has 0 heterocycles. The predicted molar refractivity (Wildman–Crippen MR) is 71.4 cm³/mol. The second-order valence-electron chi connectivity index (χ2n) is 5.27. The van der Waals surface area contributed by atoms with Crippen LogP contribution in [0.4, 0.5) is 0 Å². The first-order valence-corrected chi connectivity index (χ1v) is 6.55. The van der Waals surface area contributed by atoms with E-state index in [1.54, 1.807) is 0 Å². The molecule has 0 amide bonds. The van der Waals surface area contributed by atoms with Gasteiger partial charge in [-0.1, -0.05) is 23.7 Å². The first-order chi connectivity index (χ1) is 8.13. The third-order valence-corrected chi connectivity index (χ3v) is 3.85. The zero-order valence-corrected chi connectivity index (χ0v) is 11.1. The van der Waals surface area contributed by atoms with Gasteiger partial charge < -0.3 is 10.0 Å². The topological polar surface area (TPSA) is 23.5 Å². The lowest BCUT2D eigenvalue weighted by Crippen LogP contribution is -2.30. The van der Waals surface area contributed by atoms with Crippen LogP contribution in [0.25, 0.3) is 0 Å². The van der Waals surface area contributed by atoms with Crippen LogP contribution in [0.2, 0.25) is 5.02 Å². The van der Waals surface area contributed by atoms with Crippen molar-refractivity contribution < 1.29 is 5.11 Å². The summed E-state index contributed by atoms with van der Waals surface area (Å²) in [6, 6.07) is 8.03. The van der Waals surface area contributed by atoms with Crippen molar-refractivity contribution in [1.29, 1.82) is 0 Å². The maximum atomic E-state index is 9.28. The molecule has 0 unspecified atom stereocenters. The maximum absolute atomic E-state index is 9.28. The number of likely N-dealkylation sites (N-methyl/N-ethyl adjacent to an activating group) is 1. The van der Waals surface area contributed by atoms with Crippen LogP contribution in [0, 0.1) is 5.41 Å². The molecule has 0 spiro atoms. The molecule has 1 aromatic rings. The molecule has 0 aliphatic heterocycles. The average Bonchev–Trinajstić information content (AvgIpc) is 3.09. The van der Waals surface area contributed by atoms with Crippen LogP contribution in [0.5, 0.6) is 0 Å². The van der Waals surface area contributed by atoms with Crippen molar-refractivity contribution in [2.45, 2.75) is 19.3 Å². The Hall–Kier alpha value is -0.570. The standard InChI is InChI=1S/C14H20ClNO/c1-16(10-14(11-17)7-8-14)9-6-12-2-4-13(15)5-3-12/h2-5,17H,6-11H2,1H3. The minimum atomic E-state index is 0.217. The smallest absolute Gasteiger partial charge is 0.0499 e. The van der Waals surface area contributed by atoms with Gasteiger partial charge in [0.15, 0.2) is 0 Å². The second kappa shape index (κ2) is 5.38. The normalized spacial score (nSPS) is 17.4. The first-order valence-electron chi connectivity index (χ1n) is 6.17. The van der Waals surface area contributed by atoms with Gasteiger partial charge in [-0.25, -0.2) is 0 Å². The van der Waals surface area contributed by atoms with E-state index in [2.05, 4.69) is 24.1 Å².